The highest BCUT2D eigenvalue weighted by Crippen LogP contribution is 2.31. The fraction of sp³-hybridized carbons (Fsp3) is 0.333. The quantitative estimate of drug-likeness (QED) is 0.832. The van der Waals surface area contributed by atoms with Crippen LogP contribution in [0.2, 0.25) is 0 Å². The Hall–Kier alpha value is -1.84. The Balaban J connectivity index is 2.01. The molecule has 0 aliphatic heterocycles. The van der Waals surface area contributed by atoms with Gasteiger partial charge in [-0.25, -0.2) is 4.98 Å². The number of nitrogens with zero attached hydrogens (tertiary/aromatic N) is 2. The largest absolute Gasteiger partial charge is 0.348 e. The van der Waals surface area contributed by atoms with Crippen LogP contribution in [-0.2, 0) is 11.8 Å². The highest BCUT2D eigenvalue weighted by molar-refractivity contribution is 6.00. The molecule has 1 fully saturated rings. The van der Waals surface area contributed by atoms with E-state index in [1.807, 2.05) is 29.9 Å². The summed E-state index contributed by atoms with van der Waals surface area (Å²) in [5.41, 5.74) is 0.983. The molecule has 0 atom stereocenters. The monoisotopic (exact) mass is 215 g/mol. The fourth-order valence-electron chi connectivity index (χ4n) is 1.90. The van der Waals surface area contributed by atoms with Gasteiger partial charge in [0.05, 0.1) is 5.52 Å². The van der Waals surface area contributed by atoms with Gasteiger partial charge in [-0.15, -0.1) is 0 Å². The SMILES string of the molecule is Cn1ccc2ccnc(NC(=O)C3CC3)c21. The van der Waals surface area contributed by atoms with E-state index in [4.69, 9.17) is 0 Å². The van der Waals surface area contributed by atoms with Crippen molar-refractivity contribution in [2.45, 2.75) is 12.8 Å². The maximum atomic E-state index is 11.7. The molecule has 1 aliphatic carbocycles. The molecule has 0 aromatic carbocycles. The third-order valence-corrected chi connectivity index (χ3v) is 2.98. The van der Waals surface area contributed by atoms with Gasteiger partial charge in [0.1, 0.15) is 0 Å². The zero-order valence-electron chi connectivity index (χ0n) is 9.10. The highest BCUT2D eigenvalue weighted by Gasteiger charge is 2.30. The lowest BCUT2D eigenvalue weighted by Gasteiger charge is -2.06. The Labute approximate surface area is 93.3 Å². The molecule has 16 heavy (non-hydrogen) atoms. The molecule has 2 aromatic heterocycles. The van der Waals surface area contributed by atoms with Crippen LogP contribution in [0.25, 0.3) is 10.9 Å². The van der Waals surface area contributed by atoms with Crippen molar-refractivity contribution < 1.29 is 4.79 Å². The van der Waals surface area contributed by atoms with Gasteiger partial charge >= 0.3 is 0 Å². The van der Waals surface area contributed by atoms with Gasteiger partial charge in [-0.2, -0.15) is 0 Å². The second-order valence-corrected chi connectivity index (χ2v) is 4.29. The number of hydrogen-bond donors (Lipinski definition) is 1. The topological polar surface area (TPSA) is 46.9 Å². The van der Waals surface area contributed by atoms with E-state index in [0.717, 1.165) is 23.7 Å². The van der Waals surface area contributed by atoms with Gasteiger partial charge in [-0.1, -0.05) is 0 Å². The summed E-state index contributed by atoms with van der Waals surface area (Å²) >= 11 is 0. The van der Waals surface area contributed by atoms with E-state index in [9.17, 15) is 4.79 Å². The Morgan fingerprint density at radius 1 is 1.50 bits per heavy atom. The maximum Gasteiger partial charge on any atom is 0.228 e. The number of nitrogens with one attached hydrogen (secondary N) is 1. The van der Waals surface area contributed by atoms with Crippen molar-refractivity contribution in [2.24, 2.45) is 13.0 Å². The number of carbonyl (C=O) groups is 1. The molecule has 82 valence electrons. The van der Waals surface area contributed by atoms with Gasteiger partial charge < -0.3 is 9.88 Å². The average molecular weight is 215 g/mol. The van der Waals surface area contributed by atoms with Gasteiger partial charge in [-0.3, -0.25) is 4.79 Å². The first-order valence-electron chi connectivity index (χ1n) is 5.46. The predicted octanol–water partition coefficient (Wildman–Crippen LogP) is 1.92. The average Bonchev–Trinajstić information content (AvgIpc) is 3.05. The molecule has 1 N–H and O–H groups in total. The Kier molecular flexibility index (Phi) is 1.96. The molecule has 4 heteroatoms. The fourth-order valence-corrected chi connectivity index (χ4v) is 1.90. The first kappa shape index (κ1) is 9.39. The zero-order valence-corrected chi connectivity index (χ0v) is 9.10. The van der Waals surface area contributed by atoms with Crippen molar-refractivity contribution in [1.29, 1.82) is 0 Å². The van der Waals surface area contributed by atoms with Crippen molar-refractivity contribution >= 4 is 22.6 Å². The zero-order chi connectivity index (χ0) is 11.1. The summed E-state index contributed by atoms with van der Waals surface area (Å²) in [6, 6.07) is 3.96. The van der Waals surface area contributed by atoms with Crippen molar-refractivity contribution in [3.8, 4) is 0 Å². The molecular formula is C12H13N3O. The molecule has 1 saturated carbocycles. The molecule has 3 rings (SSSR count). The van der Waals surface area contributed by atoms with Crippen LogP contribution in [0.15, 0.2) is 24.5 Å². The molecule has 0 saturated heterocycles. The van der Waals surface area contributed by atoms with E-state index >= 15 is 0 Å². The lowest BCUT2D eigenvalue weighted by atomic mass is 10.3. The molecule has 0 bridgehead atoms. The summed E-state index contributed by atoms with van der Waals surface area (Å²) in [6.45, 7) is 0. The minimum Gasteiger partial charge on any atom is -0.348 e. The van der Waals surface area contributed by atoms with Crippen molar-refractivity contribution in [3.05, 3.63) is 24.5 Å². The number of hydrogen-bond acceptors (Lipinski definition) is 2. The van der Waals surface area contributed by atoms with Crippen molar-refractivity contribution in [1.82, 2.24) is 9.55 Å². The lowest BCUT2D eigenvalue weighted by molar-refractivity contribution is -0.117. The minimum atomic E-state index is 0.0983. The number of anilines is 1. The number of pyridine rings is 1. The van der Waals surface area contributed by atoms with Crippen LogP contribution in [0.4, 0.5) is 5.82 Å². The third-order valence-electron chi connectivity index (χ3n) is 2.98. The van der Waals surface area contributed by atoms with E-state index < -0.39 is 0 Å². The van der Waals surface area contributed by atoms with E-state index in [2.05, 4.69) is 10.3 Å². The molecule has 2 heterocycles. The summed E-state index contributed by atoms with van der Waals surface area (Å²) in [4.78, 5) is 15.9. The molecule has 0 unspecified atom stereocenters. The predicted molar refractivity (Wildman–Crippen MR) is 62.1 cm³/mol. The van der Waals surface area contributed by atoms with Gasteiger partial charge in [0, 0.05) is 30.7 Å². The van der Waals surface area contributed by atoms with E-state index in [1.165, 1.54) is 0 Å². The molecule has 1 amide bonds. The number of aromatic nitrogens is 2. The number of amides is 1. The highest BCUT2D eigenvalue weighted by atomic mass is 16.2. The molecule has 4 nitrogen and oxygen atoms in total. The van der Waals surface area contributed by atoms with Crippen LogP contribution in [0.5, 0.6) is 0 Å². The number of fused-ring (bicyclic) bond motifs is 1. The summed E-state index contributed by atoms with van der Waals surface area (Å²) in [6.07, 6.45) is 5.72. The van der Waals surface area contributed by atoms with Gasteiger partial charge in [0.2, 0.25) is 5.91 Å². The van der Waals surface area contributed by atoms with Crippen LogP contribution in [0.1, 0.15) is 12.8 Å². The Morgan fingerprint density at radius 2 is 2.31 bits per heavy atom. The van der Waals surface area contributed by atoms with Crippen LogP contribution in [0.3, 0.4) is 0 Å². The summed E-state index contributed by atoms with van der Waals surface area (Å²) in [7, 11) is 1.96. The van der Waals surface area contributed by atoms with Crippen LogP contribution < -0.4 is 5.32 Å². The Morgan fingerprint density at radius 3 is 3.06 bits per heavy atom. The van der Waals surface area contributed by atoms with E-state index in [0.29, 0.717) is 5.82 Å². The second kappa shape index (κ2) is 3.33. The standard InChI is InChI=1S/C12H13N3O/c1-15-7-5-8-4-6-13-11(10(8)15)14-12(16)9-2-3-9/h4-7,9H,2-3H2,1H3,(H,13,14,16). The lowest BCUT2D eigenvalue weighted by Crippen LogP contribution is -2.15. The first-order valence-corrected chi connectivity index (χ1v) is 5.46. The van der Waals surface area contributed by atoms with Gasteiger partial charge in [0.25, 0.3) is 0 Å². The van der Waals surface area contributed by atoms with Gasteiger partial charge in [-0.05, 0) is 25.0 Å². The first-order chi connectivity index (χ1) is 7.75. The van der Waals surface area contributed by atoms with Crippen molar-refractivity contribution in [2.75, 3.05) is 5.32 Å². The summed E-state index contributed by atoms with van der Waals surface area (Å²) in [5.74, 6) is 0.973. The van der Waals surface area contributed by atoms with E-state index in [1.54, 1.807) is 6.20 Å². The second-order valence-electron chi connectivity index (χ2n) is 4.29. The Bertz CT molecular complexity index is 554. The van der Waals surface area contributed by atoms with Crippen molar-refractivity contribution in [3.63, 3.8) is 0 Å². The van der Waals surface area contributed by atoms with Crippen LogP contribution in [-0.4, -0.2) is 15.5 Å². The van der Waals surface area contributed by atoms with Gasteiger partial charge in [0.15, 0.2) is 5.82 Å². The minimum absolute atomic E-state index is 0.0983. The summed E-state index contributed by atoms with van der Waals surface area (Å²) < 4.78 is 1.98. The number of aryl methyl sites for hydroxylation is 1. The molecule has 0 spiro atoms. The maximum absolute atomic E-state index is 11.7. The smallest absolute Gasteiger partial charge is 0.228 e. The molecule has 2 aromatic rings. The van der Waals surface area contributed by atoms with Crippen LogP contribution in [0, 0.1) is 5.92 Å². The third kappa shape index (κ3) is 1.46. The number of carbonyl (C=O) groups excluding carboxylic acids is 1. The molecule has 0 radical (unpaired) electrons. The number of rotatable bonds is 2. The van der Waals surface area contributed by atoms with Crippen LogP contribution >= 0.6 is 0 Å². The van der Waals surface area contributed by atoms with E-state index in [-0.39, 0.29) is 11.8 Å². The molecule has 1 aliphatic rings. The normalized spacial score (nSPS) is 15.3. The summed E-state index contributed by atoms with van der Waals surface area (Å²) in [5, 5.41) is 4.00. The molecular weight excluding hydrogens is 202 g/mol.